The SMILES string of the molecule is Cc1ccnc(CC(C)N(C)Cc2ccc(C(=O)O)cc2)c1. The van der Waals surface area contributed by atoms with Gasteiger partial charge in [0, 0.05) is 30.9 Å². The predicted octanol–water partition coefficient (Wildman–Crippen LogP) is 3.15. The summed E-state index contributed by atoms with van der Waals surface area (Å²) in [6, 6.07) is 11.5. The van der Waals surface area contributed by atoms with Crippen LogP contribution in [0.25, 0.3) is 0 Å². The van der Waals surface area contributed by atoms with Gasteiger partial charge >= 0.3 is 5.97 Å². The number of hydrogen-bond acceptors (Lipinski definition) is 3. The van der Waals surface area contributed by atoms with E-state index in [1.807, 2.05) is 24.4 Å². The highest BCUT2D eigenvalue weighted by molar-refractivity contribution is 5.87. The van der Waals surface area contributed by atoms with Crippen molar-refractivity contribution in [2.24, 2.45) is 0 Å². The molecular formula is C18H22N2O2. The molecule has 0 spiro atoms. The summed E-state index contributed by atoms with van der Waals surface area (Å²) in [5.74, 6) is -0.890. The number of carbonyl (C=O) groups is 1. The number of hydrogen-bond donors (Lipinski definition) is 1. The topological polar surface area (TPSA) is 53.4 Å². The Balaban J connectivity index is 1.96. The van der Waals surface area contributed by atoms with Crippen molar-refractivity contribution in [3.05, 3.63) is 65.0 Å². The van der Waals surface area contributed by atoms with E-state index in [2.05, 4.69) is 36.8 Å². The van der Waals surface area contributed by atoms with Gasteiger partial charge in [0.1, 0.15) is 0 Å². The van der Waals surface area contributed by atoms with Gasteiger partial charge in [-0.1, -0.05) is 12.1 Å². The van der Waals surface area contributed by atoms with Crippen molar-refractivity contribution < 1.29 is 9.90 Å². The van der Waals surface area contributed by atoms with Crippen LogP contribution in [0.15, 0.2) is 42.6 Å². The first-order valence-corrected chi connectivity index (χ1v) is 7.39. The van der Waals surface area contributed by atoms with Crippen LogP contribution in [0, 0.1) is 6.92 Å². The molecule has 0 amide bonds. The first kappa shape index (κ1) is 16.2. The summed E-state index contributed by atoms with van der Waals surface area (Å²) in [6.07, 6.45) is 2.74. The Morgan fingerprint density at radius 1 is 1.27 bits per heavy atom. The molecule has 0 aliphatic heterocycles. The van der Waals surface area contributed by atoms with E-state index < -0.39 is 5.97 Å². The molecule has 2 aromatic rings. The first-order chi connectivity index (χ1) is 10.5. The molecule has 4 nitrogen and oxygen atoms in total. The van der Waals surface area contributed by atoms with E-state index in [4.69, 9.17) is 5.11 Å². The summed E-state index contributed by atoms with van der Waals surface area (Å²) in [7, 11) is 2.07. The molecular weight excluding hydrogens is 276 g/mol. The van der Waals surface area contributed by atoms with Crippen LogP contribution in [0.5, 0.6) is 0 Å². The molecule has 0 bridgehead atoms. The highest BCUT2D eigenvalue weighted by Gasteiger charge is 2.12. The maximum Gasteiger partial charge on any atom is 0.335 e. The molecule has 1 unspecified atom stereocenters. The number of nitrogens with zero attached hydrogens (tertiary/aromatic N) is 2. The summed E-state index contributed by atoms with van der Waals surface area (Å²) in [5, 5.41) is 8.91. The number of likely N-dealkylation sites (N-methyl/N-ethyl adjacent to an activating group) is 1. The quantitative estimate of drug-likeness (QED) is 0.890. The van der Waals surface area contributed by atoms with Crippen molar-refractivity contribution in [2.45, 2.75) is 32.9 Å². The Labute approximate surface area is 131 Å². The number of benzene rings is 1. The van der Waals surface area contributed by atoms with Crippen molar-refractivity contribution in [2.75, 3.05) is 7.05 Å². The molecule has 1 heterocycles. The van der Waals surface area contributed by atoms with E-state index in [0.717, 1.165) is 24.2 Å². The number of aromatic carboxylic acids is 1. The second-order valence-electron chi connectivity index (χ2n) is 5.79. The van der Waals surface area contributed by atoms with Crippen molar-refractivity contribution in [1.29, 1.82) is 0 Å². The largest absolute Gasteiger partial charge is 0.478 e. The van der Waals surface area contributed by atoms with E-state index in [0.29, 0.717) is 11.6 Å². The summed E-state index contributed by atoms with van der Waals surface area (Å²) in [4.78, 5) is 17.5. The maximum absolute atomic E-state index is 10.9. The lowest BCUT2D eigenvalue weighted by atomic mass is 10.1. The van der Waals surface area contributed by atoms with Crippen LogP contribution in [0.4, 0.5) is 0 Å². The zero-order chi connectivity index (χ0) is 16.1. The van der Waals surface area contributed by atoms with Gasteiger partial charge in [0.25, 0.3) is 0 Å². The number of aromatic nitrogens is 1. The second kappa shape index (κ2) is 7.18. The number of pyridine rings is 1. The fraction of sp³-hybridized carbons (Fsp3) is 0.333. The molecule has 1 atom stereocenters. The Kier molecular flexibility index (Phi) is 5.28. The van der Waals surface area contributed by atoms with Crippen molar-refractivity contribution in [1.82, 2.24) is 9.88 Å². The van der Waals surface area contributed by atoms with Crippen LogP contribution >= 0.6 is 0 Å². The minimum atomic E-state index is -0.890. The normalized spacial score (nSPS) is 12.4. The van der Waals surface area contributed by atoms with Crippen LogP contribution in [-0.2, 0) is 13.0 Å². The molecule has 22 heavy (non-hydrogen) atoms. The highest BCUT2D eigenvalue weighted by Crippen LogP contribution is 2.12. The minimum Gasteiger partial charge on any atom is -0.478 e. The third-order valence-corrected chi connectivity index (χ3v) is 3.86. The average molecular weight is 298 g/mol. The van der Waals surface area contributed by atoms with Gasteiger partial charge in [-0.05, 0) is 56.3 Å². The number of carboxylic acids is 1. The molecule has 1 aromatic heterocycles. The van der Waals surface area contributed by atoms with Gasteiger partial charge in [0.15, 0.2) is 0 Å². The van der Waals surface area contributed by atoms with Gasteiger partial charge in [-0.2, -0.15) is 0 Å². The van der Waals surface area contributed by atoms with Crippen molar-refractivity contribution in [3.63, 3.8) is 0 Å². The zero-order valence-electron chi connectivity index (χ0n) is 13.3. The van der Waals surface area contributed by atoms with E-state index in [-0.39, 0.29) is 0 Å². The van der Waals surface area contributed by atoms with Gasteiger partial charge in [-0.3, -0.25) is 9.88 Å². The Morgan fingerprint density at radius 3 is 2.55 bits per heavy atom. The molecule has 0 radical (unpaired) electrons. The summed E-state index contributed by atoms with van der Waals surface area (Å²) < 4.78 is 0. The smallest absolute Gasteiger partial charge is 0.335 e. The van der Waals surface area contributed by atoms with Gasteiger partial charge < -0.3 is 5.11 Å². The van der Waals surface area contributed by atoms with Crippen LogP contribution in [0.1, 0.15) is 34.1 Å². The third kappa shape index (κ3) is 4.40. The lowest BCUT2D eigenvalue weighted by Crippen LogP contribution is -2.30. The van der Waals surface area contributed by atoms with Crippen LogP contribution in [0.3, 0.4) is 0 Å². The monoisotopic (exact) mass is 298 g/mol. The van der Waals surface area contributed by atoms with Gasteiger partial charge in [-0.15, -0.1) is 0 Å². The first-order valence-electron chi connectivity index (χ1n) is 7.39. The number of carboxylic acid groups (broad SMARTS) is 1. The Hall–Kier alpha value is -2.20. The average Bonchev–Trinajstić information content (AvgIpc) is 2.47. The molecule has 0 aliphatic carbocycles. The van der Waals surface area contributed by atoms with E-state index in [1.54, 1.807) is 12.1 Å². The van der Waals surface area contributed by atoms with Gasteiger partial charge in [-0.25, -0.2) is 4.79 Å². The van der Waals surface area contributed by atoms with Crippen LogP contribution < -0.4 is 0 Å². The standard InChI is InChI=1S/C18H22N2O2/c1-13-8-9-19-17(10-13)11-14(2)20(3)12-15-4-6-16(7-5-15)18(21)22/h4-10,14H,11-12H2,1-3H3,(H,21,22). The molecule has 1 aromatic carbocycles. The van der Waals surface area contributed by atoms with E-state index in [1.165, 1.54) is 5.56 Å². The lowest BCUT2D eigenvalue weighted by molar-refractivity contribution is 0.0697. The number of aryl methyl sites for hydroxylation is 1. The summed E-state index contributed by atoms with van der Waals surface area (Å²) in [5.41, 5.74) is 3.75. The predicted molar refractivity (Wildman–Crippen MR) is 87.0 cm³/mol. The zero-order valence-corrected chi connectivity index (χ0v) is 13.3. The Bertz CT molecular complexity index is 638. The fourth-order valence-electron chi connectivity index (χ4n) is 2.37. The highest BCUT2D eigenvalue weighted by atomic mass is 16.4. The third-order valence-electron chi connectivity index (χ3n) is 3.86. The molecule has 0 saturated carbocycles. The number of rotatable bonds is 6. The molecule has 116 valence electrons. The lowest BCUT2D eigenvalue weighted by Gasteiger charge is -2.24. The molecule has 0 aliphatic rings. The minimum absolute atomic E-state index is 0.323. The van der Waals surface area contributed by atoms with Crippen molar-refractivity contribution >= 4 is 5.97 Å². The summed E-state index contributed by atoms with van der Waals surface area (Å²) >= 11 is 0. The van der Waals surface area contributed by atoms with E-state index >= 15 is 0 Å². The Morgan fingerprint density at radius 2 is 1.95 bits per heavy atom. The molecule has 1 N–H and O–H groups in total. The van der Waals surface area contributed by atoms with E-state index in [9.17, 15) is 4.79 Å². The molecule has 4 heteroatoms. The second-order valence-corrected chi connectivity index (χ2v) is 5.79. The molecule has 0 fully saturated rings. The maximum atomic E-state index is 10.9. The fourth-order valence-corrected chi connectivity index (χ4v) is 2.37. The molecule has 0 saturated heterocycles. The van der Waals surface area contributed by atoms with Gasteiger partial charge in [0.2, 0.25) is 0 Å². The van der Waals surface area contributed by atoms with Gasteiger partial charge in [0.05, 0.1) is 5.56 Å². The van der Waals surface area contributed by atoms with Crippen molar-refractivity contribution in [3.8, 4) is 0 Å². The van der Waals surface area contributed by atoms with Crippen LogP contribution in [0.2, 0.25) is 0 Å². The summed E-state index contributed by atoms with van der Waals surface area (Å²) in [6.45, 7) is 5.03. The van der Waals surface area contributed by atoms with Crippen LogP contribution in [-0.4, -0.2) is 34.0 Å². The molecule has 2 rings (SSSR count).